The van der Waals surface area contributed by atoms with Crippen LogP contribution in [0.25, 0.3) is 0 Å². The Morgan fingerprint density at radius 2 is 1.13 bits per heavy atom. The van der Waals surface area contributed by atoms with Gasteiger partial charge >= 0.3 is 24.3 Å². The molecule has 2 heterocycles. The van der Waals surface area contributed by atoms with Gasteiger partial charge in [0.25, 0.3) is 5.24 Å². The van der Waals surface area contributed by atoms with Crippen LogP contribution in [0.4, 0.5) is 26.3 Å². The van der Waals surface area contributed by atoms with Gasteiger partial charge in [-0.15, -0.1) is 0 Å². The Hall–Kier alpha value is -6.17. The predicted molar refractivity (Wildman–Crippen MR) is 171 cm³/mol. The number of ketones is 3. The van der Waals surface area contributed by atoms with Crippen LogP contribution in [-0.2, 0) is 21.8 Å². The average Bonchev–Trinajstić information content (AvgIpc) is 3.10. The highest BCUT2D eigenvalue weighted by molar-refractivity contribution is 6.67. The Morgan fingerprint density at radius 3 is 1.58 bits per heavy atom. The second-order valence-corrected chi connectivity index (χ2v) is 10.4. The second-order valence-electron chi connectivity index (χ2n) is 10.1. The minimum atomic E-state index is -4.86. The third-order valence-corrected chi connectivity index (χ3v) is 6.80. The first kappa shape index (κ1) is 43.0. The molecule has 4 aromatic rings. The van der Waals surface area contributed by atoms with Gasteiger partial charge < -0.3 is 19.7 Å². The van der Waals surface area contributed by atoms with Crippen molar-refractivity contribution in [1.82, 2.24) is 9.97 Å². The van der Waals surface area contributed by atoms with Crippen LogP contribution < -0.4 is 0 Å². The van der Waals surface area contributed by atoms with Crippen LogP contribution in [0.2, 0.25) is 0 Å². The summed E-state index contributed by atoms with van der Waals surface area (Å²) in [5, 5.41) is 18.4. The molecular weight excluding hydrogens is 746 g/mol. The molecule has 0 saturated carbocycles. The number of methoxy groups -OCH3 is 2. The molecule has 0 saturated heterocycles. The van der Waals surface area contributed by atoms with E-state index >= 15 is 0 Å². The van der Waals surface area contributed by atoms with Crippen LogP contribution in [0.5, 0.6) is 11.5 Å². The molecule has 2 aromatic heterocycles. The summed E-state index contributed by atoms with van der Waals surface area (Å²) in [6, 6.07) is 11.0. The molecule has 19 heteroatoms. The summed E-state index contributed by atoms with van der Waals surface area (Å²) >= 11 is 4.95. The monoisotopic (exact) mass is 770 g/mol. The number of halogens is 7. The van der Waals surface area contributed by atoms with Crippen LogP contribution in [-0.4, -0.2) is 68.9 Å². The van der Waals surface area contributed by atoms with Gasteiger partial charge in [0.05, 0.1) is 37.3 Å². The molecule has 0 spiro atoms. The summed E-state index contributed by atoms with van der Waals surface area (Å²) in [5.41, 5.74) is -4.41. The first-order chi connectivity index (χ1) is 24.7. The summed E-state index contributed by atoms with van der Waals surface area (Å²) in [5.74, 6) is -4.96. The number of para-hydroxylation sites is 2. The number of pyridine rings is 2. The number of phenols is 2. The van der Waals surface area contributed by atoms with Gasteiger partial charge in [0.2, 0.25) is 0 Å². The molecule has 0 radical (unpaired) electrons. The number of hydrogen-bond acceptors (Lipinski definition) is 12. The van der Waals surface area contributed by atoms with Crippen LogP contribution >= 0.6 is 11.6 Å². The van der Waals surface area contributed by atoms with Gasteiger partial charge in [-0.05, 0) is 61.0 Å². The van der Waals surface area contributed by atoms with Crippen molar-refractivity contribution in [2.45, 2.75) is 25.7 Å². The number of Topliss-reactive ketones (excluding diaryl/α,β-unsaturated/α-hetero) is 3. The van der Waals surface area contributed by atoms with Crippen LogP contribution in [0.3, 0.4) is 0 Å². The van der Waals surface area contributed by atoms with E-state index in [1.807, 2.05) is 0 Å². The molecule has 0 bridgehead atoms. The molecule has 2 aromatic carbocycles. The standard InChI is InChI=1S/C17H12F3NO5.C10H10O4.C7H3ClF3NO/c1-26-16(25)11-5-2-4-9(14(11)24)12(22)8-13(23)10-6-3-7-21-15(10)17(18,19)20;1-6(11)7-4-3-5-8(9(7)12)10(13)14-2;8-6(13)4-1-2-12-3-5(4)7(9,10)11/h2-7,24H,8H2,1H3;3-5,12H,1-2H3;1-3H. The minimum Gasteiger partial charge on any atom is -0.506 e. The molecule has 0 aliphatic carbocycles. The zero-order valence-electron chi connectivity index (χ0n) is 27.3. The largest absolute Gasteiger partial charge is 0.506 e. The molecule has 0 fully saturated rings. The number of hydrogen-bond donors (Lipinski definition) is 2. The summed E-state index contributed by atoms with van der Waals surface area (Å²) in [6.45, 7) is 1.32. The molecule has 53 heavy (non-hydrogen) atoms. The average molecular weight is 771 g/mol. The number of esters is 2. The number of alkyl halides is 6. The van der Waals surface area contributed by atoms with Crippen molar-refractivity contribution in [3.05, 3.63) is 118 Å². The lowest BCUT2D eigenvalue weighted by Crippen LogP contribution is -2.17. The first-order valence-electron chi connectivity index (χ1n) is 14.3. The van der Waals surface area contributed by atoms with Gasteiger partial charge in [-0.1, -0.05) is 12.1 Å². The number of carbonyl (C=O) groups is 6. The maximum Gasteiger partial charge on any atom is 0.434 e. The van der Waals surface area contributed by atoms with Crippen LogP contribution in [0.1, 0.15) is 86.7 Å². The molecular formula is C34H25ClF6N2O10. The van der Waals surface area contributed by atoms with Crippen LogP contribution in [0, 0.1) is 0 Å². The molecule has 0 amide bonds. The fraction of sp³-hybridized carbons (Fsp3) is 0.176. The van der Waals surface area contributed by atoms with E-state index in [1.165, 1.54) is 44.4 Å². The van der Waals surface area contributed by atoms with Gasteiger partial charge in [-0.2, -0.15) is 26.3 Å². The number of benzene rings is 2. The van der Waals surface area contributed by atoms with E-state index in [2.05, 4.69) is 19.4 Å². The number of phenolic OH excluding ortho intramolecular Hbond substituents is 2. The van der Waals surface area contributed by atoms with Crippen molar-refractivity contribution in [3.8, 4) is 11.5 Å². The lowest BCUT2D eigenvalue weighted by Gasteiger charge is -2.11. The fourth-order valence-corrected chi connectivity index (χ4v) is 4.29. The minimum absolute atomic E-state index is 0.000185. The highest BCUT2D eigenvalue weighted by atomic mass is 35.5. The lowest BCUT2D eigenvalue weighted by atomic mass is 9.98. The molecule has 280 valence electrons. The van der Waals surface area contributed by atoms with Crippen molar-refractivity contribution < 1.29 is 74.8 Å². The fourth-order valence-electron chi connectivity index (χ4n) is 4.13. The predicted octanol–water partition coefficient (Wildman–Crippen LogP) is 6.91. The van der Waals surface area contributed by atoms with E-state index < -0.39 is 75.7 Å². The van der Waals surface area contributed by atoms with Crippen molar-refractivity contribution in [2.24, 2.45) is 0 Å². The lowest BCUT2D eigenvalue weighted by molar-refractivity contribution is -0.141. The molecule has 12 nitrogen and oxygen atoms in total. The highest BCUT2D eigenvalue weighted by Crippen LogP contribution is 2.33. The summed E-state index contributed by atoms with van der Waals surface area (Å²) < 4.78 is 84.1. The quantitative estimate of drug-likeness (QED) is 0.0621. The second kappa shape index (κ2) is 18.4. The smallest absolute Gasteiger partial charge is 0.434 e. The summed E-state index contributed by atoms with van der Waals surface area (Å²) in [6.07, 6.45) is -7.88. The van der Waals surface area contributed by atoms with E-state index in [0.717, 1.165) is 43.8 Å². The number of carbonyl (C=O) groups excluding carboxylic acids is 6. The zero-order chi connectivity index (χ0) is 40.3. The number of aromatic nitrogens is 2. The van der Waals surface area contributed by atoms with Crippen molar-refractivity contribution in [3.63, 3.8) is 0 Å². The molecule has 0 aliphatic heterocycles. The van der Waals surface area contributed by atoms with Crippen molar-refractivity contribution >= 4 is 46.1 Å². The van der Waals surface area contributed by atoms with E-state index in [9.17, 15) is 65.3 Å². The number of nitrogens with zero attached hydrogens (tertiary/aromatic N) is 2. The maximum absolute atomic E-state index is 12.9. The van der Waals surface area contributed by atoms with Crippen LogP contribution in [0.15, 0.2) is 73.2 Å². The van der Waals surface area contributed by atoms with Gasteiger partial charge in [-0.25, -0.2) is 9.59 Å². The Labute approximate surface area is 300 Å². The Balaban J connectivity index is 0.000000303. The molecule has 0 atom stereocenters. The highest BCUT2D eigenvalue weighted by Gasteiger charge is 2.37. The molecule has 2 N–H and O–H groups in total. The molecule has 0 aliphatic rings. The van der Waals surface area contributed by atoms with E-state index in [0.29, 0.717) is 6.20 Å². The first-order valence-corrected chi connectivity index (χ1v) is 14.7. The number of rotatable bonds is 8. The van der Waals surface area contributed by atoms with Gasteiger partial charge in [0.1, 0.15) is 22.6 Å². The Kier molecular flexibility index (Phi) is 14.9. The number of ether oxygens (including phenoxy) is 2. The van der Waals surface area contributed by atoms with Crippen molar-refractivity contribution in [1.29, 1.82) is 0 Å². The third-order valence-electron chi connectivity index (χ3n) is 6.60. The third kappa shape index (κ3) is 11.4. The van der Waals surface area contributed by atoms with Gasteiger partial charge in [-0.3, -0.25) is 29.1 Å². The topological polar surface area (TPSA) is 187 Å². The summed E-state index contributed by atoms with van der Waals surface area (Å²) in [4.78, 5) is 75.0. The Bertz CT molecular complexity index is 2030. The number of aromatic hydroxyl groups is 2. The SMILES string of the molecule is COC(=O)c1cccc(C(=O)CC(=O)c2cccnc2C(F)(F)F)c1O.COC(=O)c1cccc(C(C)=O)c1O.O=C(Cl)c1ccncc1C(F)(F)F. The Morgan fingerprint density at radius 1 is 0.660 bits per heavy atom. The molecule has 4 rings (SSSR count). The zero-order valence-corrected chi connectivity index (χ0v) is 28.1. The van der Waals surface area contributed by atoms with E-state index in [-0.39, 0.29) is 33.8 Å². The van der Waals surface area contributed by atoms with E-state index in [4.69, 9.17) is 11.6 Å². The summed E-state index contributed by atoms with van der Waals surface area (Å²) in [7, 11) is 2.28. The van der Waals surface area contributed by atoms with Crippen molar-refractivity contribution in [2.75, 3.05) is 14.2 Å². The van der Waals surface area contributed by atoms with Gasteiger partial charge in [0.15, 0.2) is 23.0 Å². The normalized spacial score (nSPS) is 10.8. The molecule has 0 unspecified atom stereocenters. The van der Waals surface area contributed by atoms with Gasteiger partial charge in [0, 0.05) is 29.7 Å². The maximum atomic E-state index is 12.9. The van der Waals surface area contributed by atoms with E-state index in [1.54, 1.807) is 0 Å².